The van der Waals surface area contributed by atoms with Crippen molar-refractivity contribution >= 4 is 17.6 Å². The van der Waals surface area contributed by atoms with Crippen LogP contribution in [0.4, 0.5) is 13.2 Å². The van der Waals surface area contributed by atoms with Gasteiger partial charge in [0.1, 0.15) is 11.7 Å². The summed E-state index contributed by atoms with van der Waals surface area (Å²) in [6.45, 7) is 7.03. The maximum Gasteiger partial charge on any atom is 0.267 e. The Kier molecular flexibility index (Phi) is 7.18. The third-order valence-electron chi connectivity index (χ3n) is 4.17. The van der Waals surface area contributed by atoms with E-state index in [2.05, 4.69) is 9.98 Å². The van der Waals surface area contributed by atoms with Crippen molar-refractivity contribution in [2.75, 3.05) is 19.6 Å². The van der Waals surface area contributed by atoms with Gasteiger partial charge < -0.3 is 4.90 Å². The Balaban J connectivity index is 2.27. The molecule has 0 aliphatic carbocycles. The third kappa shape index (κ3) is 4.62. The number of nitrogens with zero attached hydrogens (tertiary/aromatic N) is 3. The normalized spacial score (nSPS) is 15.8. The van der Waals surface area contributed by atoms with Gasteiger partial charge in [0.2, 0.25) is 0 Å². The third-order valence-corrected chi connectivity index (χ3v) is 4.17. The Bertz CT molecular complexity index is 741. The molecule has 3 nitrogen and oxygen atoms in total. The molecule has 6 heteroatoms. The summed E-state index contributed by atoms with van der Waals surface area (Å²) in [5.41, 5.74) is 1.84. The van der Waals surface area contributed by atoms with Gasteiger partial charge in [0.05, 0.1) is 24.4 Å². The van der Waals surface area contributed by atoms with Crippen molar-refractivity contribution < 1.29 is 13.2 Å². The fourth-order valence-corrected chi connectivity index (χ4v) is 2.75. The molecule has 1 heterocycles. The number of alkyl halides is 2. The molecular weight excluding hydrogens is 339 g/mol. The van der Waals surface area contributed by atoms with Gasteiger partial charge in [-0.25, -0.2) is 18.2 Å². The van der Waals surface area contributed by atoms with E-state index in [1.807, 2.05) is 13.8 Å². The minimum absolute atomic E-state index is 0.132. The monoisotopic (exact) mass is 363 g/mol. The zero-order chi connectivity index (χ0) is 19.1. The van der Waals surface area contributed by atoms with E-state index in [0.29, 0.717) is 37.2 Å². The van der Waals surface area contributed by atoms with E-state index in [1.165, 1.54) is 18.4 Å². The van der Waals surface area contributed by atoms with Crippen LogP contribution in [0.2, 0.25) is 0 Å². The predicted octanol–water partition coefficient (Wildman–Crippen LogP) is 4.75. The van der Waals surface area contributed by atoms with E-state index in [4.69, 9.17) is 0 Å². The first-order valence-electron chi connectivity index (χ1n) is 8.75. The molecule has 0 spiro atoms. The molecule has 0 saturated carbocycles. The Morgan fingerprint density at radius 1 is 1.27 bits per heavy atom. The quantitative estimate of drug-likeness (QED) is 0.530. The maximum atomic E-state index is 14.3. The van der Waals surface area contributed by atoms with Crippen LogP contribution in [0.15, 0.2) is 46.0 Å². The minimum atomic E-state index is -2.63. The lowest BCUT2D eigenvalue weighted by molar-refractivity contribution is 0.194. The van der Waals surface area contributed by atoms with E-state index < -0.39 is 6.43 Å². The highest BCUT2D eigenvalue weighted by molar-refractivity contribution is 6.08. The summed E-state index contributed by atoms with van der Waals surface area (Å²) in [7, 11) is 0. The van der Waals surface area contributed by atoms with Crippen molar-refractivity contribution in [2.24, 2.45) is 9.98 Å². The van der Waals surface area contributed by atoms with Crippen molar-refractivity contribution in [2.45, 2.75) is 33.6 Å². The van der Waals surface area contributed by atoms with Crippen LogP contribution in [0, 0.1) is 5.82 Å². The molecule has 2 rings (SSSR count). The van der Waals surface area contributed by atoms with Gasteiger partial charge in [-0.2, -0.15) is 0 Å². The average Bonchev–Trinajstić information content (AvgIpc) is 2.58. The van der Waals surface area contributed by atoms with Gasteiger partial charge in [0.25, 0.3) is 6.43 Å². The number of hydrogen-bond acceptors (Lipinski definition) is 2. The van der Waals surface area contributed by atoms with Crippen molar-refractivity contribution in [1.82, 2.24) is 4.90 Å². The molecule has 0 N–H and O–H groups in total. The molecule has 1 aliphatic heterocycles. The van der Waals surface area contributed by atoms with E-state index in [0.717, 1.165) is 5.71 Å². The number of aliphatic imine (C=N–C) groups is 2. The van der Waals surface area contributed by atoms with Crippen LogP contribution < -0.4 is 0 Å². The molecule has 0 bridgehead atoms. The van der Waals surface area contributed by atoms with E-state index in [-0.39, 0.29) is 17.2 Å². The molecule has 1 saturated heterocycles. The number of halogens is 3. The number of rotatable bonds is 6. The molecule has 0 amide bonds. The lowest BCUT2D eigenvalue weighted by Gasteiger charge is -2.36. The van der Waals surface area contributed by atoms with Crippen molar-refractivity contribution in [3.05, 3.63) is 53.0 Å². The highest BCUT2D eigenvalue weighted by atomic mass is 19.3. The zero-order valence-corrected chi connectivity index (χ0v) is 15.3. The molecule has 1 aromatic rings. The highest BCUT2D eigenvalue weighted by Crippen LogP contribution is 2.19. The maximum absolute atomic E-state index is 14.3. The second-order valence-electron chi connectivity index (χ2n) is 5.88. The Labute approximate surface area is 152 Å². The van der Waals surface area contributed by atoms with E-state index >= 15 is 0 Å². The second-order valence-corrected chi connectivity index (χ2v) is 5.88. The number of benzene rings is 1. The zero-order valence-electron chi connectivity index (χ0n) is 15.3. The SMILES string of the molecule is C\C=C(/C(=N\C=C\c1cccc(CC)c1F)N1CC(=NCC)C1)C(F)F. The van der Waals surface area contributed by atoms with Gasteiger partial charge in [-0.3, -0.25) is 4.99 Å². The summed E-state index contributed by atoms with van der Waals surface area (Å²) in [5.74, 6) is -0.0923. The highest BCUT2D eigenvalue weighted by Gasteiger charge is 2.29. The Morgan fingerprint density at radius 2 is 2.00 bits per heavy atom. The molecule has 0 atom stereocenters. The van der Waals surface area contributed by atoms with Crippen LogP contribution in [0.1, 0.15) is 31.9 Å². The van der Waals surface area contributed by atoms with Gasteiger partial charge in [-0.15, -0.1) is 0 Å². The number of aryl methyl sites for hydroxylation is 1. The fourth-order valence-electron chi connectivity index (χ4n) is 2.75. The van der Waals surface area contributed by atoms with Crippen molar-refractivity contribution in [1.29, 1.82) is 0 Å². The largest absolute Gasteiger partial charge is 0.345 e. The summed E-state index contributed by atoms with van der Waals surface area (Å²) < 4.78 is 40.9. The van der Waals surface area contributed by atoms with Crippen LogP contribution in [-0.4, -0.2) is 42.5 Å². The molecule has 1 aliphatic rings. The number of hydrogen-bond donors (Lipinski definition) is 0. The molecule has 26 heavy (non-hydrogen) atoms. The first kappa shape index (κ1) is 19.9. The van der Waals surface area contributed by atoms with Crippen molar-refractivity contribution in [3.8, 4) is 0 Å². The smallest absolute Gasteiger partial charge is 0.267 e. The lowest BCUT2D eigenvalue weighted by atomic mass is 10.1. The molecule has 1 aromatic carbocycles. The average molecular weight is 363 g/mol. The summed E-state index contributed by atoms with van der Waals surface area (Å²) in [6.07, 6.45) is 2.22. The number of allylic oxidation sites excluding steroid dienone is 1. The van der Waals surface area contributed by atoms with Gasteiger partial charge in [0, 0.05) is 18.3 Å². The Hall–Kier alpha value is -2.37. The summed E-state index contributed by atoms with van der Waals surface area (Å²) >= 11 is 0. The number of amidine groups is 1. The molecule has 140 valence electrons. The molecular formula is C20H24F3N3. The summed E-state index contributed by atoms with van der Waals surface area (Å²) in [4.78, 5) is 10.3. The first-order chi connectivity index (χ1) is 12.5. The van der Waals surface area contributed by atoms with Crippen LogP contribution in [-0.2, 0) is 6.42 Å². The summed E-state index contributed by atoms with van der Waals surface area (Å²) in [5, 5.41) is 0. The first-order valence-corrected chi connectivity index (χ1v) is 8.75. The van der Waals surface area contributed by atoms with Gasteiger partial charge in [-0.05, 0) is 31.9 Å². The van der Waals surface area contributed by atoms with Crippen LogP contribution in [0.3, 0.4) is 0 Å². The lowest BCUT2D eigenvalue weighted by Crippen LogP contribution is -2.51. The molecule has 1 fully saturated rings. The van der Waals surface area contributed by atoms with E-state index in [1.54, 1.807) is 30.0 Å². The Morgan fingerprint density at radius 3 is 2.58 bits per heavy atom. The van der Waals surface area contributed by atoms with Crippen LogP contribution >= 0.6 is 0 Å². The fraction of sp³-hybridized carbons (Fsp3) is 0.400. The van der Waals surface area contributed by atoms with Crippen LogP contribution in [0.25, 0.3) is 6.08 Å². The molecule has 0 aromatic heterocycles. The summed E-state index contributed by atoms with van der Waals surface area (Å²) in [6, 6.07) is 5.13. The number of likely N-dealkylation sites (tertiary alicyclic amines) is 1. The predicted molar refractivity (Wildman–Crippen MR) is 102 cm³/mol. The molecule has 0 radical (unpaired) electrons. The second kappa shape index (κ2) is 9.36. The minimum Gasteiger partial charge on any atom is -0.345 e. The standard InChI is InChI=1S/C20H24F3N3/c1-4-14-8-7-9-15(18(14)21)10-11-25-20(17(5-2)19(22)23)26-12-16(13-26)24-6-3/h5,7-11,19H,4,6,12-13H2,1-3H3/b11-10+,17-5-,25-20+. The van der Waals surface area contributed by atoms with Crippen molar-refractivity contribution in [3.63, 3.8) is 0 Å². The van der Waals surface area contributed by atoms with Gasteiger partial charge in [0.15, 0.2) is 0 Å². The molecule has 0 unspecified atom stereocenters. The van der Waals surface area contributed by atoms with Crippen LogP contribution in [0.5, 0.6) is 0 Å². The van der Waals surface area contributed by atoms with Gasteiger partial charge >= 0.3 is 0 Å². The van der Waals surface area contributed by atoms with E-state index in [9.17, 15) is 13.2 Å². The van der Waals surface area contributed by atoms with Gasteiger partial charge in [-0.1, -0.05) is 31.2 Å². The topological polar surface area (TPSA) is 28.0 Å².